The van der Waals surface area contributed by atoms with Gasteiger partial charge in [-0.3, -0.25) is 0 Å². The lowest BCUT2D eigenvalue weighted by Crippen LogP contribution is -2.28. The van der Waals surface area contributed by atoms with Crippen molar-refractivity contribution in [3.63, 3.8) is 0 Å². The van der Waals surface area contributed by atoms with Crippen LogP contribution >= 0.6 is 11.6 Å². The Balaban J connectivity index is 2.26. The zero-order valence-electron chi connectivity index (χ0n) is 9.06. The Morgan fingerprint density at radius 2 is 2.29 bits per heavy atom. The van der Waals surface area contributed by atoms with E-state index in [4.69, 9.17) is 16.7 Å². The molecule has 2 rings (SSSR count). The van der Waals surface area contributed by atoms with Crippen molar-refractivity contribution in [2.45, 2.75) is 31.4 Å². The zero-order valence-corrected chi connectivity index (χ0v) is 9.81. The number of aliphatic hydroxyl groups is 1. The van der Waals surface area contributed by atoms with Gasteiger partial charge in [0, 0.05) is 6.20 Å². The minimum atomic E-state index is -1.13. The maximum absolute atomic E-state index is 11.1. The van der Waals surface area contributed by atoms with E-state index < -0.39 is 12.1 Å². The van der Waals surface area contributed by atoms with Crippen molar-refractivity contribution < 1.29 is 15.0 Å². The van der Waals surface area contributed by atoms with Gasteiger partial charge >= 0.3 is 5.97 Å². The largest absolute Gasteiger partial charge is 0.478 e. The number of carbonyl (C=O) groups is 1. The number of anilines is 1. The number of halogens is 1. The molecule has 0 bridgehead atoms. The number of hydrogen-bond donors (Lipinski definition) is 3. The highest BCUT2D eigenvalue weighted by molar-refractivity contribution is 6.33. The van der Waals surface area contributed by atoms with E-state index in [-0.39, 0.29) is 16.8 Å². The van der Waals surface area contributed by atoms with Crippen molar-refractivity contribution >= 4 is 23.3 Å². The molecule has 1 aliphatic carbocycles. The Morgan fingerprint density at radius 3 is 2.88 bits per heavy atom. The quantitative estimate of drug-likeness (QED) is 0.718. The second kappa shape index (κ2) is 4.89. The fraction of sp³-hybridized carbons (Fsp3) is 0.455. The van der Waals surface area contributed by atoms with Crippen molar-refractivity contribution in [2.24, 2.45) is 0 Å². The fourth-order valence-electron chi connectivity index (χ4n) is 2.07. The van der Waals surface area contributed by atoms with Crippen LogP contribution in [0.25, 0.3) is 0 Å². The molecule has 0 amide bonds. The molecule has 1 fully saturated rings. The molecule has 1 aromatic heterocycles. The van der Waals surface area contributed by atoms with E-state index in [0.29, 0.717) is 5.69 Å². The molecule has 1 heterocycles. The highest BCUT2D eigenvalue weighted by atomic mass is 35.5. The van der Waals surface area contributed by atoms with E-state index in [1.54, 1.807) is 6.07 Å². The normalized spacial score (nSPS) is 23.6. The summed E-state index contributed by atoms with van der Waals surface area (Å²) in [5, 5.41) is 21.7. The van der Waals surface area contributed by atoms with Gasteiger partial charge < -0.3 is 15.5 Å². The van der Waals surface area contributed by atoms with Gasteiger partial charge in [-0.15, -0.1) is 0 Å². The third-order valence-corrected chi connectivity index (χ3v) is 3.23. The topological polar surface area (TPSA) is 82.5 Å². The predicted molar refractivity (Wildman–Crippen MR) is 63.5 cm³/mol. The van der Waals surface area contributed by atoms with Crippen molar-refractivity contribution in [2.75, 3.05) is 5.32 Å². The summed E-state index contributed by atoms with van der Waals surface area (Å²) in [6.07, 6.45) is 3.49. The first kappa shape index (κ1) is 12.1. The highest BCUT2D eigenvalue weighted by Gasteiger charge is 2.27. The van der Waals surface area contributed by atoms with Crippen LogP contribution in [0, 0.1) is 0 Å². The van der Waals surface area contributed by atoms with E-state index in [2.05, 4.69) is 10.3 Å². The smallest absolute Gasteiger partial charge is 0.340 e. The molecule has 0 spiro atoms. The molecule has 2 atom stereocenters. The summed E-state index contributed by atoms with van der Waals surface area (Å²) in [7, 11) is 0. The number of hydrogen-bond acceptors (Lipinski definition) is 4. The third kappa shape index (κ3) is 2.50. The molecule has 1 saturated carbocycles. The van der Waals surface area contributed by atoms with Gasteiger partial charge in [-0.25, -0.2) is 9.78 Å². The fourth-order valence-corrected chi connectivity index (χ4v) is 2.31. The van der Waals surface area contributed by atoms with Crippen LogP contribution in [-0.4, -0.2) is 33.3 Å². The van der Waals surface area contributed by atoms with Gasteiger partial charge in [-0.1, -0.05) is 11.6 Å². The number of rotatable bonds is 3. The summed E-state index contributed by atoms with van der Waals surface area (Å²) < 4.78 is 0. The molecule has 0 unspecified atom stereocenters. The van der Waals surface area contributed by atoms with Crippen LogP contribution in [0.5, 0.6) is 0 Å². The molecular formula is C11H13ClN2O3. The Morgan fingerprint density at radius 1 is 1.53 bits per heavy atom. The molecule has 1 aliphatic rings. The molecule has 0 radical (unpaired) electrons. The second-order valence-corrected chi connectivity index (χ2v) is 4.44. The summed E-state index contributed by atoms with van der Waals surface area (Å²) in [5.41, 5.74) is 0.358. The summed E-state index contributed by atoms with van der Waals surface area (Å²) in [6.45, 7) is 0. The molecule has 5 nitrogen and oxygen atoms in total. The maximum Gasteiger partial charge on any atom is 0.340 e. The first-order chi connectivity index (χ1) is 8.09. The third-order valence-electron chi connectivity index (χ3n) is 2.94. The Hall–Kier alpha value is -1.33. The van der Waals surface area contributed by atoms with E-state index in [1.165, 1.54) is 6.20 Å². The van der Waals surface area contributed by atoms with E-state index >= 15 is 0 Å². The standard InChI is InChI=1S/C11H13ClN2O3/c12-10-9(11(16)17)7(4-5-13-10)14-6-2-1-3-8(6)15/h4-6,8,15H,1-3H2,(H,13,14)(H,16,17)/t6-,8-/m1/s1. The lowest BCUT2D eigenvalue weighted by Gasteiger charge is -2.19. The van der Waals surface area contributed by atoms with Gasteiger partial charge in [-0.2, -0.15) is 0 Å². The van der Waals surface area contributed by atoms with Crippen LogP contribution in [0.1, 0.15) is 29.6 Å². The summed E-state index contributed by atoms with van der Waals surface area (Å²) >= 11 is 5.75. The van der Waals surface area contributed by atoms with Crippen molar-refractivity contribution in [3.05, 3.63) is 23.0 Å². The molecule has 0 aromatic carbocycles. The number of aromatic nitrogens is 1. The van der Waals surface area contributed by atoms with Crippen molar-refractivity contribution in [3.8, 4) is 0 Å². The van der Waals surface area contributed by atoms with Crippen molar-refractivity contribution in [1.29, 1.82) is 0 Å². The number of aromatic carboxylic acids is 1. The summed E-state index contributed by atoms with van der Waals surface area (Å²) in [5.74, 6) is -1.13. The van der Waals surface area contributed by atoms with Gasteiger partial charge in [0.1, 0.15) is 10.7 Å². The highest BCUT2D eigenvalue weighted by Crippen LogP contribution is 2.27. The van der Waals surface area contributed by atoms with Crippen LogP contribution in [-0.2, 0) is 0 Å². The van der Waals surface area contributed by atoms with Gasteiger partial charge in [0.15, 0.2) is 0 Å². The van der Waals surface area contributed by atoms with Crippen LogP contribution < -0.4 is 5.32 Å². The number of carboxylic acid groups (broad SMARTS) is 1. The number of carboxylic acids is 1. The van der Waals surface area contributed by atoms with E-state index in [1.807, 2.05) is 0 Å². The van der Waals surface area contributed by atoms with Gasteiger partial charge in [0.05, 0.1) is 17.8 Å². The number of pyridine rings is 1. The average Bonchev–Trinajstić information content (AvgIpc) is 2.64. The Bertz CT molecular complexity index is 439. The van der Waals surface area contributed by atoms with Gasteiger partial charge in [-0.05, 0) is 25.3 Å². The van der Waals surface area contributed by atoms with E-state index in [9.17, 15) is 9.90 Å². The molecule has 0 saturated heterocycles. The number of nitrogens with zero attached hydrogens (tertiary/aromatic N) is 1. The molecule has 6 heteroatoms. The summed E-state index contributed by atoms with van der Waals surface area (Å²) in [4.78, 5) is 14.8. The molecule has 1 aromatic rings. The van der Waals surface area contributed by atoms with Gasteiger partial charge in [0.2, 0.25) is 0 Å². The molecule has 3 N–H and O–H groups in total. The van der Waals surface area contributed by atoms with E-state index in [0.717, 1.165) is 19.3 Å². The maximum atomic E-state index is 11.1. The molecular weight excluding hydrogens is 244 g/mol. The zero-order chi connectivity index (χ0) is 12.4. The monoisotopic (exact) mass is 256 g/mol. The molecule has 17 heavy (non-hydrogen) atoms. The lowest BCUT2D eigenvalue weighted by molar-refractivity contribution is 0.0697. The predicted octanol–water partition coefficient (Wildman–Crippen LogP) is 1.76. The van der Waals surface area contributed by atoms with Crippen LogP contribution in [0.15, 0.2) is 12.3 Å². The van der Waals surface area contributed by atoms with Crippen LogP contribution in [0.2, 0.25) is 5.15 Å². The number of aliphatic hydroxyl groups excluding tert-OH is 1. The first-order valence-electron chi connectivity index (χ1n) is 5.42. The number of nitrogens with one attached hydrogen (secondary N) is 1. The van der Waals surface area contributed by atoms with Crippen LogP contribution in [0.3, 0.4) is 0 Å². The van der Waals surface area contributed by atoms with Gasteiger partial charge in [0.25, 0.3) is 0 Å². The second-order valence-electron chi connectivity index (χ2n) is 4.08. The SMILES string of the molecule is O=C(O)c1c(N[C@@H]2CCC[C@H]2O)ccnc1Cl. The van der Waals surface area contributed by atoms with Crippen molar-refractivity contribution in [1.82, 2.24) is 4.98 Å². The first-order valence-corrected chi connectivity index (χ1v) is 5.80. The minimum absolute atomic E-state index is 0.0463. The molecule has 0 aliphatic heterocycles. The van der Waals surface area contributed by atoms with Crippen LogP contribution in [0.4, 0.5) is 5.69 Å². The molecule has 92 valence electrons. The Kier molecular flexibility index (Phi) is 3.49. The average molecular weight is 257 g/mol. The lowest BCUT2D eigenvalue weighted by atomic mass is 10.1. The Labute approximate surface area is 103 Å². The minimum Gasteiger partial charge on any atom is -0.478 e. The summed E-state index contributed by atoms with van der Waals surface area (Å²) in [6, 6.07) is 1.44.